The molecular formula is C16H19N3O3S. The lowest BCUT2D eigenvalue weighted by molar-refractivity contribution is -0.107. The van der Waals surface area contributed by atoms with Crippen molar-refractivity contribution >= 4 is 41.1 Å². The molecule has 0 radical (unpaired) electrons. The Kier molecular flexibility index (Phi) is 4.21. The van der Waals surface area contributed by atoms with Crippen LogP contribution >= 0.6 is 12.2 Å². The molecule has 1 N–H and O–H groups in total. The minimum atomic E-state index is -0.350. The van der Waals surface area contributed by atoms with Crippen LogP contribution in [0.5, 0.6) is 0 Å². The first-order valence-electron chi connectivity index (χ1n) is 7.58. The lowest BCUT2D eigenvalue weighted by Crippen LogP contribution is -2.42. The van der Waals surface area contributed by atoms with Gasteiger partial charge >= 0.3 is 6.09 Å². The average molecular weight is 333 g/mol. The number of carbonyl (C=O) groups is 2. The van der Waals surface area contributed by atoms with Crippen molar-refractivity contribution in [2.75, 3.05) is 23.0 Å². The maximum atomic E-state index is 12.1. The Morgan fingerprint density at radius 3 is 3.00 bits per heavy atom. The van der Waals surface area contributed by atoms with E-state index in [2.05, 4.69) is 5.32 Å². The maximum Gasteiger partial charge on any atom is 0.414 e. The predicted octanol–water partition coefficient (Wildman–Crippen LogP) is 1.86. The fourth-order valence-corrected chi connectivity index (χ4v) is 3.22. The van der Waals surface area contributed by atoms with E-state index in [0.29, 0.717) is 18.1 Å². The smallest absolute Gasteiger partial charge is 0.414 e. The normalized spacial score (nSPS) is 22.8. The van der Waals surface area contributed by atoms with Gasteiger partial charge in [-0.15, -0.1) is 0 Å². The number of cyclic esters (lactones) is 1. The lowest BCUT2D eigenvalue weighted by atomic mass is 10.1. The van der Waals surface area contributed by atoms with E-state index in [-0.39, 0.29) is 18.2 Å². The average Bonchev–Trinajstić information content (AvgIpc) is 3.03. The minimum Gasteiger partial charge on any atom is -0.447 e. The molecule has 6 nitrogen and oxygen atoms in total. The Morgan fingerprint density at radius 1 is 1.52 bits per heavy atom. The van der Waals surface area contributed by atoms with E-state index in [9.17, 15) is 9.59 Å². The molecule has 0 aliphatic carbocycles. The number of nitrogens with zero attached hydrogens (tertiary/aromatic N) is 2. The van der Waals surface area contributed by atoms with Crippen molar-refractivity contribution in [3.8, 4) is 0 Å². The first-order valence-corrected chi connectivity index (χ1v) is 7.99. The van der Waals surface area contributed by atoms with Crippen molar-refractivity contribution in [2.24, 2.45) is 0 Å². The fourth-order valence-electron chi connectivity index (χ4n) is 3.14. The molecule has 1 aromatic rings. The predicted molar refractivity (Wildman–Crippen MR) is 92.0 cm³/mol. The Hall–Kier alpha value is -2.15. The Morgan fingerprint density at radius 2 is 2.30 bits per heavy atom. The summed E-state index contributed by atoms with van der Waals surface area (Å²) < 4.78 is 5.18. The highest BCUT2D eigenvalue weighted by atomic mass is 32.1. The van der Waals surface area contributed by atoms with E-state index in [1.165, 1.54) is 0 Å². The van der Waals surface area contributed by atoms with Gasteiger partial charge < -0.3 is 15.0 Å². The number of hydrogen-bond acceptors (Lipinski definition) is 4. The third kappa shape index (κ3) is 2.88. The van der Waals surface area contributed by atoms with Gasteiger partial charge in [0.05, 0.1) is 11.0 Å². The molecule has 1 aromatic carbocycles. The molecule has 0 bridgehead atoms. The monoisotopic (exact) mass is 333 g/mol. The fraction of sp³-hybridized carbons (Fsp3) is 0.438. The second-order valence-corrected chi connectivity index (χ2v) is 6.53. The molecule has 2 heterocycles. The van der Waals surface area contributed by atoms with Crippen molar-refractivity contribution < 1.29 is 14.3 Å². The van der Waals surface area contributed by atoms with Crippen molar-refractivity contribution in [3.63, 3.8) is 0 Å². The molecule has 23 heavy (non-hydrogen) atoms. The molecule has 122 valence electrons. The maximum absolute atomic E-state index is 12.1. The van der Waals surface area contributed by atoms with Crippen LogP contribution in [-0.4, -0.2) is 42.7 Å². The number of ether oxygens (including phenoxy) is 1. The molecular weight excluding hydrogens is 314 g/mol. The van der Waals surface area contributed by atoms with Crippen LogP contribution in [0.3, 0.4) is 0 Å². The molecule has 1 fully saturated rings. The van der Waals surface area contributed by atoms with Gasteiger partial charge in [0.2, 0.25) is 6.41 Å². The van der Waals surface area contributed by atoms with E-state index in [4.69, 9.17) is 17.0 Å². The number of rotatable bonds is 4. The summed E-state index contributed by atoms with van der Waals surface area (Å²) in [7, 11) is 0. The van der Waals surface area contributed by atoms with Crippen LogP contribution in [0.1, 0.15) is 19.4 Å². The van der Waals surface area contributed by atoms with E-state index in [1.807, 2.05) is 32.0 Å². The quantitative estimate of drug-likeness (QED) is 0.673. The molecule has 3 rings (SSSR count). The zero-order chi connectivity index (χ0) is 16.6. The SMILES string of the molecule is CC(=S)NCC1COC(=O)N1c1ccc2c(c1)C[C@@H](C)N2C=O. The summed E-state index contributed by atoms with van der Waals surface area (Å²) in [6, 6.07) is 5.76. The van der Waals surface area contributed by atoms with Crippen molar-refractivity contribution in [2.45, 2.75) is 32.4 Å². The number of thiocarbonyl (C=S) groups is 1. The largest absolute Gasteiger partial charge is 0.447 e. The molecule has 7 heteroatoms. The summed E-state index contributed by atoms with van der Waals surface area (Å²) in [6.45, 7) is 4.70. The zero-order valence-electron chi connectivity index (χ0n) is 13.1. The molecule has 1 unspecified atom stereocenters. The number of carbonyl (C=O) groups excluding carboxylic acids is 2. The van der Waals surface area contributed by atoms with Gasteiger partial charge in [-0.2, -0.15) is 0 Å². The molecule has 1 saturated heterocycles. The first-order chi connectivity index (χ1) is 11.0. The minimum absolute atomic E-state index is 0.0977. The van der Waals surface area contributed by atoms with E-state index >= 15 is 0 Å². The lowest BCUT2D eigenvalue weighted by Gasteiger charge is -2.23. The summed E-state index contributed by atoms with van der Waals surface area (Å²) in [5, 5.41) is 3.09. The Labute approximate surface area is 140 Å². The molecule has 0 spiro atoms. The molecule has 2 amide bonds. The van der Waals surface area contributed by atoms with Gasteiger partial charge in [-0.05, 0) is 44.0 Å². The van der Waals surface area contributed by atoms with Gasteiger partial charge in [-0.25, -0.2) is 4.79 Å². The summed E-state index contributed by atoms with van der Waals surface area (Å²) in [5.74, 6) is 0. The van der Waals surface area contributed by atoms with Gasteiger partial charge in [0.25, 0.3) is 0 Å². The van der Waals surface area contributed by atoms with Crippen LogP contribution < -0.4 is 15.1 Å². The molecule has 2 aliphatic rings. The third-order valence-electron chi connectivity index (χ3n) is 4.27. The van der Waals surface area contributed by atoms with Gasteiger partial charge in [-0.1, -0.05) is 12.2 Å². The number of fused-ring (bicyclic) bond motifs is 1. The third-order valence-corrected chi connectivity index (χ3v) is 4.42. The van der Waals surface area contributed by atoms with Crippen LogP contribution in [0, 0.1) is 0 Å². The second-order valence-electron chi connectivity index (χ2n) is 5.92. The van der Waals surface area contributed by atoms with E-state index < -0.39 is 0 Å². The highest BCUT2D eigenvalue weighted by Gasteiger charge is 2.35. The molecule has 0 saturated carbocycles. The van der Waals surface area contributed by atoms with Crippen LogP contribution in [-0.2, 0) is 16.0 Å². The number of hydrogen-bond donors (Lipinski definition) is 1. The second kappa shape index (κ2) is 6.16. The van der Waals surface area contributed by atoms with Gasteiger partial charge in [0.15, 0.2) is 0 Å². The first kappa shape index (κ1) is 15.7. The number of benzene rings is 1. The van der Waals surface area contributed by atoms with Crippen LogP contribution in [0.25, 0.3) is 0 Å². The van der Waals surface area contributed by atoms with Crippen molar-refractivity contribution in [1.29, 1.82) is 0 Å². The molecule has 0 aromatic heterocycles. The van der Waals surface area contributed by atoms with Crippen LogP contribution in [0.15, 0.2) is 18.2 Å². The number of amides is 2. The van der Waals surface area contributed by atoms with Crippen LogP contribution in [0.4, 0.5) is 16.2 Å². The van der Waals surface area contributed by atoms with E-state index in [1.54, 1.807) is 9.80 Å². The standard InChI is InChI=1S/C16H19N3O3S/c1-10-5-12-6-13(3-4-15(12)18(10)9-20)19-14(7-17-11(2)23)8-22-16(19)21/h3-4,6,9-10,14H,5,7-8H2,1-2H3,(H,17,23)/t10-,14?/m1/s1. The summed E-state index contributed by atoms with van der Waals surface area (Å²) >= 11 is 5.03. The summed E-state index contributed by atoms with van der Waals surface area (Å²) in [4.78, 5) is 27.3. The summed E-state index contributed by atoms with van der Waals surface area (Å²) in [5.41, 5.74) is 2.77. The van der Waals surface area contributed by atoms with Gasteiger partial charge in [0, 0.05) is 24.0 Å². The zero-order valence-corrected chi connectivity index (χ0v) is 13.9. The van der Waals surface area contributed by atoms with E-state index in [0.717, 1.165) is 29.8 Å². The Bertz CT molecular complexity index is 664. The van der Waals surface area contributed by atoms with Gasteiger partial charge in [0.1, 0.15) is 6.61 Å². The highest BCUT2D eigenvalue weighted by molar-refractivity contribution is 7.80. The van der Waals surface area contributed by atoms with Crippen LogP contribution in [0.2, 0.25) is 0 Å². The number of anilines is 2. The van der Waals surface area contributed by atoms with Crippen molar-refractivity contribution in [1.82, 2.24) is 5.32 Å². The number of nitrogens with one attached hydrogen (secondary N) is 1. The molecule has 2 aliphatic heterocycles. The topological polar surface area (TPSA) is 61.9 Å². The highest BCUT2D eigenvalue weighted by Crippen LogP contribution is 2.35. The van der Waals surface area contributed by atoms with Gasteiger partial charge in [-0.3, -0.25) is 9.69 Å². The summed E-state index contributed by atoms with van der Waals surface area (Å²) in [6.07, 6.45) is 1.29. The van der Waals surface area contributed by atoms with Crippen molar-refractivity contribution in [3.05, 3.63) is 23.8 Å². The Balaban J connectivity index is 1.86. The molecule has 2 atom stereocenters.